The molecule has 124 valence electrons. The van der Waals surface area contributed by atoms with Gasteiger partial charge >= 0.3 is 0 Å². The SMILES string of the molecule is Cc1ccc(C)c(-n2cnnc2SCC(=O)Nc2cc(C)on2)c1. The summed E-state index contributed by atoms with van der Waals surface area (Å²) in [6.45, 7) is 5.83. The van der Waals surface area contributed by atoms with E-state index in [1.54, 1.807) is 19.3 Å². The van der Waals surface area contributed by atoms with Crippen LogP contribution in [0.4, 0.5) is 5.82 Å². The van der Waals surface area contributed by atoms with Crippen LogP contribution in [-0.4, -0.2) is 31.6 Å². The highest BCUT2D eigenvalue weighted by molar-refractivity contribution is 7.99. The number of hydrogen-bond donors (Lipinski definition) is 1. The van der Waals surface area contributed by atoms with Crippen molar-refractivity contribution in [2.75, 3.05) is 11.1 Å². The fourth-order valence-electron chi connectivity index (χ4n) is 2.20. The number of carbonyl (C=O) groups excluding carboxylic acids is 1. The molecule has 7 nitrogen and oxygen atoms in total. The Bertz CT molecular complexity index is 871. The minimum Gasteiger partial charge on any atom is -0.360 e. The van der Waals surface area contributed by atoms with Gasteiger partial charge in [-0.25, -0.2) is 0 Å². The fourth-order valence-corrected chi connectivity index (χ4v) is 2.92. The van der Waals surface area contributed by atoms with E-state index in [9.17, 15) is 4.79 Å². The zero-order valence-corrected chi connectivity index (χ0v) is 14.4. The predicted molar refractivity (Wildman–Crippen MR) is 91.4 cm³/mol. The molecule has 1 amide bonds. The molecule has 2 heterocycles. The Morgan fingerprint density at radius 3 is 2.88 bits per heavy atom. The van der Waals surface area contributed by atoms with Crippen molar-refractivity contribution in [2.24, 2.45) is 0 Å². The van der Waals surface area contributed by atoms with Crippen LogP contribution in [0.2, 0.25) is 0 Å². The maximum absolute atomic E-state index is 12.0. The van der Waals surface area contributed by atoms with Gasteiger partial charge in [0, 0.05) is 6.07 Å². The molecule has 1 aromatic carbocycles. The first-order chi connectivity index (χ1) is 11.5. The quantitative estimate of drug-likeness (QED) is 0.717. The monoisotopic (exact) mass is 343 g/mol. The number of hydrogen-bond acceptors (Lipinski definition) is 6. The number of aromatic nitrogens is 4. The molecule has 0 saturated heterocycles. The van der Waals surface area contributed by atoms with Crippen LogP contribution in [0.5, 0.6) is 0 Å². The van der Waals surface area contributed by atoms with E-state index in [-0.39, 0.29) is 11.7 Å². The van der Waals surface area contributed by atoms with Crippen molar-refractivity contribution in [1.82, 2.24) is 19.9 Å². The van der Waals surface area contributed by atoms with Gasteiger partial charge in [0.25, 0.3) is 0 Å². The third kappa shape index (κ3) is 3.65. The van der Waals surface area contributed by atoms with Gasteiger partial charge < -0.3 is 9.84 Å². The lowest BCUT2D eigenvalue weighted by Crippen LogP contribution is -2.14. The number of thioether (sulfide) groups is 1. The van der Waals surface area contributed by atoms with E-state index in [4.69, 9.17) is 4.52 Å². The van der Waals surface area contributed by atoms with Crippen LogP contribution < -0.4 is 5.32 Å². The topological polar surface area (TPSA) is 85.8 Å². The van der Waals surface area contributed by atoms with E-state index in [1.807, 2.05) is 18.4 Å². The van der Waals surface area contributed by atoms with Crippen molar-refractivity contribution in [2.45, 2.75) is 25.9 Å². The zero-order chi connectivity index (χ0) is 17.1. The second-order valence-corrected chi connectivity index (χ2v) is 6.38. The normalized spacial score (nSPS) is 10.8. The number of nitrogens with zero attached hydrogens (tertiary/aromatic N) is 4. The Labute approximate surface area is 143 Å². The number of carbonyl (C=O) groups is 1. The number of amides is 1. The summed E-state index contributed by atoms with van der Waals surface area (Å²) in [4.78, 5) is 12.0. The molecule has 1 N–H and O–H groups in total. The molecule has 0 atom stereocenters. The molecule has 0 saturated carbocycles. The first-order valence-electron chi connectivity index (χ1n) is 7.36. The van der Waals surface area contributed by atoms with E-state index < -0.39 is 0 Å². The number of nitrogens with one attached hydrogen (secondary N) is 1. The van der Waals surface area contributed by atoms with Crippen LogP contribution in [0, 0.1) is 20.8 Å². The molecule has 0 unspecified atom stereocenters. The maximum atomic E-state index is 12.0. The fraction of sp³-hybridized carbons (Fsp3) is 0.250. The molecule has 0 aliphatic rings. The summed E-state index contributed by atoms with van der Waals surface area (Å²) in [6.07, 6.45) is 1.66. The van der Waals surface area contributed by atoms with Gasteiger partial charge in [-0.2, -0.15) is 0 Å². The molecule has 3 aromatic rings. The molecule has 0 radical (unpaired) electrons. The van der Waals surface area contributed by atoms with Crippen LogP contribution in [0.15, 0.2) is 40.3 Å². The number of benzene rings is 1. The van der Waals surface area contributed by atoms with Gasteiger partial charge in [-0.15, -0.1) is 10.2 Å². The molecular formula is C16H17N5O2S. The van der Waals surface area contributed by atoms with Crippen LogP contribution in [-0.2, 0) is 4.79 Å². The third-order valence-electron chi connectivity index (χ3n) is 3.37. The number of rotatable bonds is 5. The first kappa shape index (κ1) is 16.3. The minimum atomic E-state index is -0.177. The van der Waals surface area contributed by atoms with Gasteiger partial charge in [-0.05, 0) is 38.0 Å². The highest BCUT2D eigenvalue weighted by Gasteiger charge is 2.13. The Morgan fingerprint density at radius 2 is 2.12 bits per heavy atom. The zero-order valence-electron chi connectivity index (χ0n) is 13.6. The average Bonchev–Trinajstić information content (AvgIpc) is 3.16. The second-order valence-electron chi connectivity index (χ2n) is 5.43. The molecule has 0 aliphatic heterocycles. The van der Waals surface area contributed by atoms with Crippen molar-refractivity contribution < 1.29 is 9.32 Å². The Hall–Kier alpha value is -2.61. The molecule has 3 rings (SSSR count). The highest BCUT2D eigenvalue weighted by Crippen LogP contribution is 2.23. The molecule has 24 heavy (non-hydrogen) atoms. The Balaban J connectivity index is 1.69. The summed E-state index contributed by atoms with van der Waals surface area (Å²) in [6, 6.07) is 7.85. The lowest BCUT2D eigenvalue weighted by atomic mass is 10.1. The Kier molecular flexibility index (Phi) is 4.66. The van der Waals surface area contributed by atoms with Gasteiger partial charge in [-0.1, -0.05) is 29.1 Å². The lowest BCUT2D eigenvalue weighted by Gasteiger charge is -2.10. The molecule has 0 bridgehead atoms. The van der Waals surface area contributed by atoms with Gasteiger partial charge in [0.15, 0.2) is 11.0 Å². The van der Waals surface area contributed by atoms with Crippen LogP contribution in [0.3, 0.4) is 0 Å². The number of anilines is 1. The van der Waals surface area contributed by atoms with Gasteiger partial charge in [0.2, 0.25) is 5.91 Å². The van der Waals surface area contributed by atoms with E-state index in [2.05, 4.69) is 38.9 Å². The van der Waals surface area contributed by atoms with Crippen LogP contribution >= 0.6 is 11.8 Å². The Morgan fingerprint density at radius 1 is 1.29 bits per heavy atom. The largest absolute Gasteiger partial charge is 0.360 e. The van der Waals surface area contributed by atoms with Crippen molar-refractivity contribution in [3.63, 3.8) is 0 Å². The van der Waals surface area contributed by atoms with Gasteiger partial charge in [0.1, 0.15) is 12.1 Å². The van der Waals surface area contributed by atoms with Gasteiger partial charge in [-0.3, -0.25) is 9.36 Å². The van der Waals surface area contributed by atoms with E-state index in [0.29, 0.717) is 16.7 Å². The van der Waals surface area contributed by atoms with Crippen molar-refractivity contribution in [3.05, 3.63) is 47.5 Å². The summed E-state index contributed by atoms with van der Waals surface area (Å²) in [7, 11) is 0. The number of aryl methyl sites for hydroxylation is 3. The van der Waals surface area contributed by atoms with Gasteiger partial charge in [0.05, 0.1) is 11.4 Å². The first-order valence-corrected chi connectivity index (χ1v) is 8.35. The van der Waals surface area contributed by atoms with Crippen molar-refractivity contribution >= 4 is 23.5 Å². The highest BCUT2D eigenvalue weighted by atomic mass is 32.2. The molecule has 0 fully saturated rings. The molecular weight excluding hydrogens is 326 g/mol. The summed E-state index contributed by atoms with van der Waals surface area (Å²) in [5.41, 5.74) is 3.28. The van der Waals surface area contributed by atoms with Crippen LogP contribution in [0.25, 0.3) is 5.69 Å². The van der Waals surface area contributed by atoms with E-state index in [1.165, 1.54) is 11.8 Å². The lowest BCUT2D eigenvalue weighted by molar-refractivity contribution is -0.113. The molecule has 8 heteroatoms. The summed E-state index contributed by atoms with van der Waals surface area (Å²) in [5, 5.41) is 15.2. The van der Waals surface area contributed by atoms with E-state index in [0.717, 1.165) is 16.8 Å². The predicted octanol–water partition coefficient (Wildman–Crippen LogP) is 2.91. The van der Waals surface area contributed by atoms with E-state index >= 15 is 0 Å². The molecule has 2 aromatic heterocycles. The summed E-state index contributed by atoms with van der Waals surface area (Å²) >= 11 is 1.32. The minimum absolute atomic E-state index is 0.177. The average molecular weight is 343 g/mol. The van der Waals surface area contributed by atoms with Crippen LogP contribution in [0.1, 0.15) is 16.9 Å². The molecule has 0 aliphatic carbocycles. The maximum Gasteiger partial charge on any atom is 0.236 e. The summed E-state index contributed by atoms with van der Waals surface area (Å²) in [5.74, 6) is 1.08. The second kappa shape index (κ2) is 6.88. The van der Waals surface area contributed by atoms with Crippen molar-refractivity contribution in [1.29, 1.82) is 0 Å². The smallest absolute Gasteiger partial charge is 0.236 e. The standard InChI is InChI=1S/C16H17N5O2S/c1-10-4-5-11(2)13(6-10)21-9-17-19-16(21)24-8-15(22)18-14-7-12(3)23-20-14/h4-7,9H,8H2,1-3H3,(H,18,20,22). The summed E-state index contributed by atoms with van der Waals surface area (Å²) < 4.78 is 6.81. The van der Waals surface area contributed by atoms with Crippen molar-refractivity contribution in [3.8, 4) is 5.69 Å². The molecule has 0 spiro atoms. The third-order valence-corrected chi connectivity index (χ3v) is 4.31.